The highest BCUT2D eigenvalue weighted by Crippen LogP contribution is 2.34. The number of nitrogens with zero attached hydrogens (tertiary/aromatic N) is 2. The second-order valence-electron chi connectivity index (χ2n) is 4.21. The lowest BCUT2D eigenvalue weighted by atomic mass is 9.93. The predicted octanol–water partition coefficient (Wildman–Crippen LogP) is 2.80. The molecule has 1 aromatic rings. The number of aromatic nitrogens is 2. The van der Waals surface area contributed by atoms with Crippen molar-refractivity contribution in [1.29, 1.82) is 0 Å². The van der Waals surface area contributed by atoms with Crippen LogP contribution in [0.5, 0.6) is 0 Å². The molecule has 5 heteroatoms. The molecule has 1 aliphatic carbocycles. The fraction of sp³-hybridized carbons (Fsp3) is 0.231. The van der Waals surface area contributed by atoms with Crippen molar-refractivity contribution >= 4 is 17.2 Å². The number of hydrogen-bond donors (Lipinski definition) is 1. The molecule has 0 amide bonds. The molecule has 0 spiro atoms. The molecule has 1 atom stereocenters. The Balaban J connectivity index is 2.08. The number of alkyl halides is 1. The molecule has 18 heavy (non-hydrogen) atoms. The Morgan fingerprint density at radius 2 is 2.39 bits per heavy atom. The fourth-order valence-electron chi connectivity index (χ4n) is 2.25. The first-order chi connectivity index (χ1) is 8.79. The molecular formula is C13H11ClFN3. The zero-order valence-electron chi connectivity index (χ0n) is 9.53. The maximum atomic E-state index is 13.0. The average Bonchev–Trinajstić information content (AvgIpc) is 2.82. The topological polar surface area (TPSA) is 37.8 Å². The number of fused-ring (bicyclic) bond motifs is 1. The van der Waals surface area contributed by atoms with Gasteiger partial charge in [-0.05, 0) is 23.6 Å². The van der Waals surface area contributed by atoms with Crippen molar-refractivity contribution in [3.63, 3.8) is 0 Å². The summed E-state index contributed by atoms with van der Waals surface area (Å²) in [6.07, 6.45) is 10.4. The van der Waals surface area contributed by atoms with Crippen molar-refractivity contribution in [2.24, 2.45) is 0 Å². The minimum atomic E-state index is -0.600. The van der Waals surface area contributed by atoms with E-state index in [1.165, 1.54) is 6.20 Å². The van der Waals surface area contributed by atoms with E-state index in [0.29, 0.717) is 11.3 Å². The molecule has 2 aliphatic rings. The highest BCUT2D eigenvalue weighted by atomic mass is 35.5. The van der Waals surface area contributed by atoms with Crippen LogP contribution >= 0.6 is 11.6 Å². The normalized spacial score (nSPS) is 21.1. The second-order valence-corrected chi connectivity index (χ2v) is 4.55. The Kier molecular flexibility index (Phi) is 2.88. The lowest BCUT2D eigenvalue weighted by molar-refractivity contribution is 0.482. The van der Waals surface area contributed by atoms with Crippen LogP contribution in [0.1, 0.15) is 17.7 Å². The van der Waals surface area contributed by atoms with E-state index in [1.807, 2.05) is 18.4 Å². The van der Waals surface area contributed by atoms with Crippen LogP contribution in [-0.4, -0.2) is 16.0 Å². The molecule has 1 aromatic heterocycles. The number of rotatable bonds is 2. The summed E-state index contributed by atoms with van der Waals surface area (Å²) in [7, 11) is 0. The molecule has 1 N–H and O–H groups in total. The quantitative estimate of drug-likeness (QED) is 0.834. The van der Waals surface area contributed by atoms with E-state index in [2.05, 4.69) is 21.4 Å². The smallest absolute Gasteiger partial charge is 0.222 e. The van der Waals surface area contributed by atoms with Crippen LogP contribution in [0, 0.1) is 0 Å². The van der Waals surface area contributed by atoms with Crippen LogP contribution in [0.15, 0.2) is 36.2 Å². The van der Waals surface area contributed by atoms with Gasteiger partial charge in [-0.2, -0.15) is 0 Å². The molecule has 92 valence electrons. The van der Waals surface area contributed by atoms with E-state index >= 15 is 0 Å². The summed E-state index contributed by atoms with van der Waals surface area (Å²) in [6, 6.07) is 0.256. The Morgan fingerprint density at radius 3 is 3.22 bits per heavy atom. The van der Waals surface area contributed by atoms with Gasteiger partial charge in [-0.15, -0.1) is 0 Å². The van der Waals surface area contributed by atoms with Crippen LogP contribution < -0.4 is 5.32 Å². The SMILES string of the molecule is FCc1cnc(Cl)nc1C1=CNC2CC=CC=C12. The van der Waals surface area contributed by atoms with Gasteiger partial charge in [0, 0.05) is 23.5 Å². The van der Waals surface area contributed by atoms with Gasteiger partial charge in [0.15, 0.2) is 0 Å². The molecule has 0 bridgehead atoms. The molecule has 0 radical (unpaired) electrons. The Labute approximate surface area is 109 Å². The van der Waals surface area contributed by atoms with E-state index in [-0.39, 0.29) is 11.3 Å². The van der Waals surface area contributed by atoms with Crippen molar-refractivity contribution in [1.82, 2.24) is 15.3 Å². The number of nitrogens with one attached hydrogen (secondary N) is 1. The first-order valence-electron chi connectivity index (χ1n) is 5.70. The molecule has 3 nitrogen and oxygen atoms in total. The summed E-state index contributed by atoms with van der Waals surface area (Å²) in [5, 5.41) is 3.41. The van der Waals surface area contributed by atoms with Crippen molar-refractivity contribution < 1.29 is 4.39 Å². The Morgan fingerprint density at radius 1 is 1.50 bits per heavy atom. The molecule has 3 rings (SSSR count). The molecule has 0 fully saturated rings. The standard InChI is InChI=1S/C13H11ClFN3/c14-13-17-6-8(5-15)12(18-13)10-7-16-11-4-2-1-3-9(10)11/h1-3,6-7,11,16H,4-5H2. The van der Waals surface area contributed by atoms with Gasteiger partial charge < -0.3 is 5.32 Å². The molecule has 1 unspecified atom stereocenters. The van der Waals surface area contributed by atoms with Crippen LogP contribution in [0.3, 0.4) is 0 Å². The highest BCUT2D eigenvalue weighted by molar-refractivity contribution is 6.28. The third kappa shape index (κ3) is 1.82. The molecule has 0 saturated carbocycles. The Hall–Kier alpha value is -1.68. The lowest BCUT2D eigenvalue weighted by Gasteiger charge is -2.16. The maximum Gasteiger partial charge on any atom is 0.222 e. The third-order valence-corrected chi connectivity index (χ3v) is 3.32. The minimum Gasteiger partial charge on any atom is -0.383 e. The largest absolute Gasteiger partial charge is 0.383 e. The van der Waals surface area contributed by atoms with E-state index in [4.69, 9.17) is 11.6 Å². The summed E-state index contributed by atoms with van der Waals surface area (Å²) < 4.78 is 13.0. The van der Waals surface area contributed by atoms with E-state index < -0.39 is 6.67 Å². The van der Waals surface area contributed by atoms with E-state index in [1.54, 1.807) is 0 Å². The Bertz CT molecular complexity index is 578. The number of halogens is 2. The molecule has 1 aliphatic heterocycles. The number of allylic oxidation sites excluding steroid dienone is 2. The predicted molar refractivity (Wildman–Crippen MR) is 68.6 cm³/mol. The monoisotopic (exact) mass is 263 g/mol. The molecular weight excluding hydrogens is 253 g/mol. The summed E-state index contributed by atoms with van der Waals surface area (Å²) in [6.45, 7) is -0.600. The first-order valence-corrected chi connectivity index (χ1v) is 6.08. The van der Waals surface area contributed by atoms with Crippen molar-refractivity contribution in [2.75, 3.05) is 0 Å². The van der Waals surface area contributed by atoms with Gasteiger partial charge in [0.25, 0.3) is 0 Å². The fourth-order valence-corrected chi connectivity index (χ4v) is 2.39. The molecule has 2 heterocycles. The van der Waals surface area contributed by atoms with Crippen molar-refractivity contribution in [3.05, 3.63) is 52.7 Å². The summed E-state index contributed by atoms with van der Waals surface area (Å²) in [5.74, 6) is 0. The van der Waals surface area contributed by atoms with Crippen LogP contribution in [-0.2, 0) is 6.67 Å². The second kappa shape index (κ2) is 4.53. The molecule has 0 saturated heterocycles. The minimum absolute atomic E-state index is 0.138. The van der Waals surface area contributed by atoms with Crippen LogP contribution in [0.25, 0.3) is 5.57 Å². The summed E-state index contributed by atoms with van der Waals surface area (Å²) in [4.78, 5) is 7.98. The first kappa shape index (κ1) is 11.4. The molecule has 0 aromatic carbocycles. The third-order valence-electron chi connectivity index (χ3n) is 3.13. The highest BCUT2D eigenvalue weighted by Gasteiger charge is 2.26. The summed E-state index contributed by atoms with van der Waals surface area (Å²) >= 11 is 5.80. The van der Waals surface area contributed by atoms with Gasteiger partial charge in [0.2, 0.25) is 5.28 Å². The summed E-state index contributed by atoms with van der Waals surface area (Å²) in [5.41, 5.74) is 3.07. The zero-order valence-corrected chi connectivity index (χ0v) is 10.3. The van der Waals surface area contributed by atoms with E-state index in [0.717, 1.165) is 17.6 Å². The van der Waals surface area contributed by atoms with Gasteiger partial charge in [-0.1, -0.05) is 18.2 Å². The lowest BCUT2D eigenvalue weighted by Crippen LogP contribution is -2.21. The van der Waals surface area contributed by atoms with Gasteiger partial charge in [-0.25, -0.2) is 14.4 Å². The van der Waals surface area contributed by atoms with Crippen LogP contribution in [0.2, 0.25) is 5.28 Å². The van der Waals surface area contributed by atoms with Gasteiger partial charge >= 0.3 is 0 Å². The van der Waals surface area contributed by atoms with E-state index in [9.17, 15) is 4.39 Å². The maximum absolute atomic E-state index is 13.0. The average molecular weight is 264 g/mol. The van der Waals surface area contributed by atoms with Gasteiger partial charge in [0.1, 0.15) is 6.67 Å². The van der Waals surface area contributed by atoms with Crippen molar-refractivity contribution in [2.45, 2.75) is 19.1 Å². The van der Waals surface area contributed by atoms with Gasteiger partial charge in [-0.3, -0.25) is 0 Å². The zero-order chi connectivity index (χ0) is 12.5. The van der Waals surface area contributed by atoms with Crippen molar-refractivity contribution in [3.8, 4) is 0 Å². The van der Waals surface area contributed by atoms with Gasteiger partial charge in [0.05, 0.1) is 11.7 Å². The number of hydrogen-bond acceptors (Lipinski definition) is 3. The van der Waals surface area contributed by atoms with Crippen LogP contribution in [0.4, 0.5) is 4.39 Å².